The van der Waals surface area contributed by atoms with Crippen LogP contribution in [-0.4, -0.2) is 0 Å². The lowest BCUT2D eigenvalue weighted by molar-refractivity contribution is 0.599. The second-order valence-electron chi connectivity index (χ2n) is 5.62. The first-order chi connectivity index (χ1) is 10.4. The Morgan fingerprint density at radius 3 is 1.52 bits per heavy atom. The van der Waals surface area contributed by atoms with Gasteiger partial charge in [0.25, 0.3) is 0 Å². The average molecular weight is 292 g/mol. The molecule has 1 nitrogen and oxygen atoms in total. The van der Waals surface area contributed by atoms with Gasteiger partial charge in [-0.2, -0.15) is 0 Å². The fourth-order valence-corrected chi connectivity index (χ4v) is 5.72. The van der Waals surface area contributed by atoms with Crippen LogP contribution in [0, 0.1) is 0 Å². The SMILES string of the molecule is O=[PH]1C(c2ccccc2)=C2CCCC2=C1c1ccccc1. The third-order valence-electron chi connectivity index (χ3n) is 4.40. The molecule has 0 amide bonds. The van der Waals surface area contributed by atoms with Gasteiger partial charge >= 0.3 is 0 Å². The van der Waals surface area contributed by atoms with E-state index in [1.807, 2.05) is 36.4 Å². The van der Waals surface area contributed by atoms with Crippen molar-refractivity contribution in [3.05, 3.63) is 82.9 Å². The number of fused-ring (bicyclic) bond motifs is 1. The molecule has 0 N–H and O–H groups in total. The smallest absolute Gasteiger partial charge is 0.133 e. The molecule has 1 aliphatic heterocycles. The molecule has 0 bridgehead atoms. The van der Waals surface area contributed by atoms with Crippen molar-refractivity contribution in [2.24, 2.45) is 0 Å². The summed E-state index contributed by atoms with van der Waals surface area (Å²) >= 11 is 0. The van der Waals surface area contributed by atoms with Gasteiger partial charge in [0.15, 0.2) is 0 Å². The third kappa shape index (κ3) is 2.04. The monoisotopic (exact) mass is 292 g/mol. The Hall–Kier alpha value is -1.85. The van der Waals surface area contributed by atoms with E-state index in [2.05, 4.69) is 24.3 Å². The molecule has 2 heteroatoms. The molecule has 2 aliphatic rings. The first-order valence-corrected chi connectivity index (χ1v) is 8.89. The minimum Gasteiger partial charge on any atom is -0.317 e. The second-order valence-corrected chi connectivity index (χ2v) is 7.28. The molecule has 0 unspecified atom stereocenters. The second kappa shape index (κ2) is 5.16. The van der Waals surface area contributed by atoms with Gasteiger partial charge in [-0.1, -0.05) is 60.7 Å². The zero-order valence-electron chi connectivity index (χ0n) is 11.8. The first kappa shape index (κ1) is 12.9. The molecule has 1 heterocycles. The molecular formula is C19H17OP. The van der Waals surface area contributed by atoms with E-state index in [1.54, 1.807) is 0 Å². The molecule has 1 fully saturated rings. The van der Waals surface area contributed by atoms with Crippen molar-refractivity contribution in [1.29, 1.82) is 0 Å². The van der Waals surface area contributed by atoms with E-state index in [-0.39, 0.29) is 0 Å². The highest BCUT2D eigenvalue weighted by Gasteiger charge is 2.34. The summed E-state index contributed by atoms with van der Waals surface area (Å²) in [7, 11) is -1.89. The van der Waals surface area contributed by atoms with E-state index in [0.717, 1.165) is 34.6 Å². The molecule has 4 rings (SSSR count). The van der Waals surface area contributed by atoms with Crippen LogP contribution >= 0.6 is 7.80 Å². The van der Waals surface area contributed by atoms with E-state index in [9.17, 15) is 4.57 Å². The van der Waals surface area contributed by atoms with Gasteiger partial charge in [0.1, 0.15) is 7.80 Å². The number of hydrogen-bond acceptors (Lipinski definition) is 1. The van der Waals surface area contributed by atoms with Crippen LogP contribution in [0.4, 0.5) is 0 Å². The van der Waals surface area contributed by atoms with E-state index < -0.39 is 7.80 Å². The molecule has 21 heavy (non-hydrogen) atoms. The van der Waals surface area contributed by atoms with E-state index in [1.165, 1.54) is 17.6 Å². The molecule has 0 atom stereocenters. The van der Waals surface area contributed by atoms with Gasteiger partial charge in [-0.05, 0) is 41.5 Å². The summed E-state index contributed by atoms with van der Waals surface area (Å²) in [5.41, 5.74) is 5.01. The van der Waals surface area contributed by atoms with E-state index in [0.29, 0.717) is 0 Å². The van der Waals surface area contributed by atoms with Gasteiger partial charge in [-0.3, -0.25) is 0 Å². The van der Waals surface area contributed by atoms with Gasteiger partial charge in [0.2, 0.25) is 0 Å². The maximum absolute atomic E-state index is 13.2. The third-order valence-corrected chi connectivity index (χ3v) is 6.49. The van der Waals surface area contributed by atoms with Crippen LogP contribution in [0.1, 0.15) is 30.4 Å². The van der Waals surface area contributed by atoms with Gasteiger partial charge in [-0.25, -0.2) is 0 Å². The van der Waals surface area contributed by atoms with Crippen LogP contribution < -0.4 is 0 Å². The Morgan fingerprint density at radius 1 is 0.667 bits per heavy atom. The Labute approximate surface area is 125 Å². The summed E-state index contributed by atoms with van der Waals surface area (Å²) < 4.78 is 13.2. The molecular weight excluding hydrogens is 275 g/mol. The van der Waals surface area contributed by atoms with Crippen molar-refractivity contribution in [3.8, 4) is 0 Å². The predicted molar refractivity (Wildman–Crippen MR) is 89.6 cm³/mol. The van der Waals surface area contributed by atoms with Gasteiger partial charge in [-0.15, -0.1) is 0 Å². The minimum absolute atomic E-state index is 1.08. The highest BCUT2D eigenvalue weighted by Crippen LogP contribution is 2.64. The highest BCUT2D eigenvalue weighted by atomic mass is 31.1. The Bertz CT molecular complexity index is 704. The number of hydrogen-bond donors (Lipinski definition) is 0. The molecule has 2 aromatic carbocycles. The van der Waals surface area contributed by atoms with Crippen LogP contribution in [0.2, 0.25) is 0 Å². The van der Waals surface area contributed by atoms with Crippen molar-refractivity contribution in [3.63, 3.8) is 0 Å². The molecule has 0 aromatic heterocycles. The Morgan fingerprint density at radius 2 is 1.10 bits per heavy atom. The predicted octanol–water partition coefficient (Wildman–Crippen LogP) is 5.57. The van der Waals surface area contributed by atoms with Gasteiger partial charge < -0.3 is 4.57 Å². The van der Waals surface area contributed by atoms with Crippen LogP contribution in [0.5, 0.6) is 0 Å². The molecule has 0 spiro atoms. The number of benzene rings is 2. The maximum Gasteiger partial charge on any atom is 0.133 e. The van der Waals surface area contributed by atoms with Crippen LogP contribution in [0.3, 0.4) is 0 Å². The lowest BCUT2D eigenvalue weighted by Crippen LogP contribution is -1.81. The van der Waals surface area contributed by atoms with E-state index >= 15 is 0 Å². The first-order valence-electron chi connectivity index (χ1n) is 7.48. The van der Waals surface area contributed by atoms with Crippen LogP contribution in [0.25, 0.3) is 10.6 Å². The summed E-state index contributed by atoms with van der Waals surface area (Å²) in [6, 6.07) is 20.5. The largest absolute Gasteiger partial charge is 0.317 e. The zero-order chi connectivity index (χ0) is 14.2. The molecule has 104 valence electrons. The average Bonchev–Trinajstić information content (AvgIpc) is 3.08. The maximum atomic E-state index is 13.2. The highest BCUT2D eigenvalue weighted by molar-refractivity contribution is 7.67. The summed E-state index contributed by atoms with van der Waals surface area (Å²) in [6.45, 7) is 0. The molecule has 0 radical (unpaired) electrons. The molecule has 1 saturated carbocycles. The fourth-order valence-electron chi connectivity index (χ4n) is 3.51. The normalized spacial score (nSPS) is 18.5. The van der Waals surface area contributed by atoms with Gasteiger partial charge in [0, 0.05) is 10.6 Å². The standard InChI is InChI=1S/C19H17OP/c20-21-18(14-8-3-1-4-9-14)16-12-7-13-17(16)19(21)15-10-5-2-6-11-15/h1-6,8-11,21H,7,12-13H2. The zero-order valence-corrected chi connectivity index (χ0v) is 12.8. The Kier molecular flexibility index (Phi) is 3.16. The lowest BCUT2D eigenvalue weighted by atomic mass is 10.0. The summed E-state index contributed by atoms with van der Waals surface area (Å²) in [5, 5.41) is 2.24. The van der Waals surface area contributed by atoms with Gasteiger partial charge in [0.05, 0.1) is 0 Å². The Balaban J connectivity index is 1.88. The molecule has 2 aromatic rings. The van der Waals surface area contributed by atoms with Crippen molar-refractivity contribution in [2.75, 3.05) is 0 Å². The van der Waals surface area contributed by atoms with E-state index in [4.69, 9.17) is 0 Å². The summed E-state index contributed by atoms with van der Waals surface area (Å²) in [6.07, 6.45) is 3.34. The quantitative estimate of drug-likeness (QED) is 0.662. The summed E-state index contributed by atoms with van der Waals surface area (Å²) in [4.78, 5) is 0. The summed E-state index contributed by atoms with van der Waals surface area (Å²) in [5.74, 6) is 0. The number of rotatable bonds is 2. The fraction of sp³-hybridized carbons (Fsp3) is 0.158. The minimum atomic E-state index is -1.89. The lowest BCUT2D eigenvalue weighted by Gasteiger charge is -2.08. The van der Waals surface area contributed by atoms with Crippen molar-refractivity contribution >= 4 is 18.4 Å². The topological polar surface area (TPSA) is 17.1 Å². The van der Waals surface area contributed by atoms with Crippen molar-refractivity contribution < 1.29 is 4.57 Å². The van der Waals surface area contributed by atoms with Crippen molar-refractivity contribution in [1.82, 2.24) is 0 Å². The molecule has 0 saturated heterocycles. The molecule has 1 aliphatic carbocycles. The van der Waals surface area contributed by atoms with Crippen LogP contribution in [-0.2, 0) is 4.57 Å². The van der Waals surface area contributed by atoms with Crippen LogP contribution in [0.15, 0.2) is 71.8 Å². The van der Waals surface area contributed by atoms with Crippen molar-refractivity contribution in [2.45, 2.75) is 19.3 Å². The number of allylic oxidation sites excluding steroid dienone is 2.